The number of nitrogens with one attached hydrogen (secondary N) is 2. The average molecular weight is 260 g/mol. The van der Waals surface area contributed by atoms with E-state index >= 15 is 0 Å². The normalized spacial score (nSPS) is 35.7. The lowest BCUT2D eigenvalue weighted by atomic mass is 9.88. The van der Waals surface area contributed by atoms with Gasteiger partial charge in [-0.3, -0.25) is 0 Å². The molecule has 2 aliphatic rings. The van der Waals surface area contributed by atoms with E-state index in [4.69, 9.17) is 0 Å². The quantitative estimate of drug-likeness (QED) is 0.802. The van der Waals surface area contributed by atoms with Gasteiger partial charge in [0, 0.05) is 12.6 Å². The van der Waals surface area contributed by atoms with E-state index in [2.05, 4.69) is 17.0 Å². The number of rotatable bonds is 3. The molecule has 3 atom stereocenters. The van der Waals surface area contributed by atoms with Crippen LogP contribution in [0, 0.1) is 5.92 Å². The van der Waals surface area contributed by atoms with Crippen molar-refractivity contribution >= 4 is 10.0 Å². The minimum atomic E-state index is -3.12. The van der Waals surface area contributed by atoms with Crippen LogP contribution < -0.4 is 10.0 Å². The van der Waals surface area contributed by atoms with Crippen molar-refractivity contribution in [1.29, 1.82) is 0 Å². The van der Waals surface area contributed by atoms with Crippen LogP contribution in [0.3, 0.4) is 0 Å². The van der Waals surface area contributed by atoms with Crippen LogP contribution in [0.5, 0.6) is 0 Å². The molecule has 5 heteroatoms. The summed E-state index contributed by atoms with van der Waals surface area (Å²) in [5.41, 5.74) is 0. The lowest BCUT2D eigenvalue weighted by Gasteiger charge is -2.30. The van der Waals surface area contributed by atoms with Crippen LogP contribution in [-0.2, 0) is 10.0 Å². The van der Waals surface area contributed by atoms with Crippen molar-refractivity contribution in [2.75, 3.05) is 13.1 Å². The van der Waals surface area contributed by atoms with Crippen molar-refractivity contribution in [2.45, 2.75) is 56.7 Å². The molecule has 17 heavy (non-hydrogen) atoms. The molecule has 1 saturated carbocycles. The summed E-state index contributed by atoms with van der Waals surface area (Å²) in [4.78, 5) is 0. The molecule has 1 heterocycles. The van der Waals surface area contributed by atoms with Crippen LogP contribution in [0.25, 0.3) is 0 Å². The van der Waals surface area contributed by atoms with Gasteiger partial charge in [0.25, 0.3) is 0 Å². The highest BCUT2D eigenvalue weighted by atomic mass is 32.2. The maximum atomic E-state index is 12.2. The van der Waals surface area contributed by atoms with Crippen LogP contribution in [0.2, 0.25) is 0 Å². The van der Waals surface area contributed by atoms with Gasteiger partial charge < -0.3 is 5.32 Å². The minimum absolute atomic E-state index is 0.172. The maximum absolute atomic E-state index is 12.2. The van der Waals surface area contributed by atoms with Gasteiger partial charge in [0.1, 0.15) is 0 Å². The Kier molecular flexibility index (Phi) is 4.44. The van der Waals surface area contributed by atoms with Gasteiger partial charge in [0.15, 0.2) is 0 Å². The second kappa shape index (κ2) is 5.67. The minimum Gasteiger partial charge on any atom is -0.315 e. The fourth-order valence-electron chi connectivity index (χ4n) is 2.95. The van der Waals surface area contributed by atoms with Crippen molar-refractivity contribution in [3.05, 3.63) is 0 Å². The smallest absolute Gasteiger partial charge is 0.215 e. The summed E-state index contributed by atoms with van der Waals surface area (Å²) >= 11 is 0. The molecule has 0 aromatic rings. The first-order valence-corrected chi connectivity index (χ1v) is 8.34. The summed E-state index contributed by atoms with van der Waals surface area (Å²) in [5.74, 6) is 0.654. The first-order chi connectivity index (χ1) is 8.08. The fraction of sp³-hybridized carbons (Fsp3) is 1.00. The van der Waals surface area contributed by atoms with E-state index in [0.29, 0.717) is 12.5 Å². The molecule has 1 aliphatic heterocycles. The van der Waals surface area contributed by atoms with Gasteiger partial charge in [-0.25, -0.2) is 13.1 Å². The molecular formula is C12H24N2O2S. The van der Waals surface area contributed by atoms with E-state index in [1.54, 1.807) is 0 Å². The second-order valence-corrected chi connectivity index (χ2v) is 7.59. The van der Waals surface area contributed by atoms with E-state index in [9.17, 15) is 8.42 Å². The molecule has 0 bridgehead atoms. The van der Waals surface area contributed by atoms with Crippen LogP contribution in [0.4, 0.5) is 0 Å². The Morgan fingerprint density at radius 3 is 2.65 bits per heavy atom. The average Bonchev–Trinajstić information content (AvgIpc) is 2.29. The Balaban J connectivity index is 1.91. The molecule has 0 aromatic heterocycles. The molecule has 1 aliphatic carbocycles. The Labute approximate surface area is 105 Å². The van der Waals surface area contributed by atoms with Gasteiger partial charge >= 0.3 is 0 Å². The van der Waals surface area contributed by atoms with E-state index in [1.807, 2.05) is 0 Å². The predicted octanol–water partition coefficient (Wildman–Crippen LogP) is 1.24. The molecular weight excluding hydrogens is 236 g/mol. The Morgan fingerprint density at radius 2 is 2.00 bits per heavy atom. The molecule has 3 unspecified atom stereocenters. The molecule has 0 aromatic carbocycles. The molecule has 2 rings (SSSR count). The van der Waals surface area contributed by atoms with E-state index in [0.717, 1.165) is 38.6 Å². The second-order valence-electron chi connectivity index (χ2n) is 5.60. The Bertz CT molecular complexity index is 336. The van der Waals surface area contributed by atoms with E-state index in [-0.39, 0.29) is 11.3 Å². The SMILES string of the molecule is CC1CCCC(NS(=O)(=O)C2CCCNC2)C1. The van der Waals surface area contributed by atoms with Crippen LogP contribution in [0.15, 0.2) is 0 Å². The van der Waals surface area contributed by atoms with Crippen molar-refractivity contribution < 1.29 is 8.42 Å². The molecule has 1 saturated heterocycles. The van der Waals surface area contributed by atoms with Gasteiger partial charge in [-0.15, -0.1) is 0 Å². The van der Waals surface area contributed by atoms with Crippen LogP contribution in [-0.4, -0.2) is 32.8 Å². The number of hydrogen-bond donors (Lipinski definition) is 2. The zero-order valence-electron chi connectivity index (χ0n) is 10.6. The molecule has 0 radical (unpaired) electrons. The third-order valence-electron chi connectivity index (χ3n) is 3.96. The number of hydrogen-bond acceptors (Lipinski definition) is 3. The molecule has 0 amide bonds. The Morgan fingerprint density at radius 1 is 1.18 bits per heavy atom. The molecule has 2 fully saturated rings. The summed E-state index contributed by atoms with van der Waals surface area (Å²) in [6.07, 6.45) is 6.15. The first-order valence-electron chi connectivity index (χ1n) is 6.80. The van der Waals surface area contributed by atoms with Crippen molar-refractivity contribution in [3.8, 4) is 0 Å². The fourth-order valence-corrected chi connectivity index (χ4v) is 4.64. The highest BCUT2D eigenvalue weighted by molar-refractivity contribution is 7.90. The lowest BCUT2D eigenvalue weighted by molar-refractivity contribution is 0.325. The monoisotopic (exact) mass is 260 g/mol. The molecule has 4 nitrogen and oxygen atoms in total. The van der Waals surface area contributed by atoms with Gasteiger partial charge in [-0.05, 0) is 38.1 Å². The zero-order chi connectivity index (χ0) is 12.3. The van der Waals surface area contributed by atoms with E-state index < -0.39 is 10.0 Å². The standard InChI is InChI=1S/C12H24N2O2S/c1-10-4-2-5-11(8-10)14-17(15,16)12-6-3-7-13-9-12/h10-14H,2-9H2,1H3. The summed E-state index contributed by atoms with van der Waals surface area (Å²) in [5, 5.41) is 2.94. The highest BCUT2D eigenvalue weighted by Crippen LogP contribution is 2.24. The topological polar surface area (TPSA) is 58.2 Å². The third-order valence-corrected chi connectivity index (χ3v) is 5.90. The summed E-state index contributed by atoms with van der Waals surface area (Å²) in [6, 6.07) is 0.172. The number of piperidine rings is 1. The summed E-state index contributed by atoms with van der Waals surface area (Å²) in [6.45, 7) is 3.77. The van der Waals surface area contributed by atoms with Gasteiger partial charge in [0.05, 0.1) is 5.25 Å². The van der Waals surface area contributed by atoms with Crippen LogP contribution in [0.1, 0.15) is 45.4 Å². The largest absolute Gasteiger partial charge is 0.315 e. The maximum Gasteiger partial charge on any atom is 0.215 e. The van der Waals surface area contributed by atoms with E-state index in [1.165, 1.54) is 6.42 Å². The van der Waals surface area contributed by atoms with Gasteiger partial charge in [0.2, 0.25) is 10.0 Å². The predicted molar refractivity (Wildman–Crippen MR) is 69.4 cm³/mol. The highest BCUT2D eigenvalue weighted by Gasteiger charge is 2.30. The van der Waals surface area contributed by atoms with Gasteiger partial charge in [-0.2, -0.15) is 0 Å². The van der Waals surface area contributed by atoms with Crippen molar-refractivity contribution in [2.24, 2.45) is 5.92 Å². The van der Waals surface area contributed by atoms with Crippen molar-refractivity contribution in [3.63, 3.8) is 0 Å². The lowest BCUT2D eigenvalue weighted by Crippen LogP contribution is -2.48. The molecule has 0 spiro atoms. The molecule has 2 N–H and O–H groups in total. The van der Waals surface area contributed by atoms with Crippen molar-refractivity contribution in [1.82, 2.24) is 10.0 Å². The molecule has 100 valence electrons. The summed E-state index contributed by atoms with van der Waals surface area (Å²) < 4.78 is 27.3. The van der Waals surface area contributed by atoms with Crippen LogP contribution >= 0.6 is 0 Å². The Hall–Kier alpha value is -0.130. The zero-order valence-corrected chi connectivity index (χ0v) is 11.4. The number of sulfonamides is 1. The first kappa shape index (κ1) is 13.3. The summed E-state index contributed by atoms with van der Waals surface area (Å²) in [7, 11) is -3.12. The van der Waals surface area contributed by atoms with Gasteiger partial charge in [-0.1, -0.05) is 19.8 Å². The third kappa shape index (κ3) is 3.66.